The van der Waals surface area contributed by atoms with E-state index in [1.54, 1.807) is 31.1 Å². The lowest BCUT2D eigenvalue weighted by molar-refractivity contribution is 0.466. The van der Waals surface area contributed by atoms with Crippen molar-refractivity contribution in [1.82, 2.24) is 0 Å². The Morgan fingerprint density at radius 1 is 0.371 bits per heavy atom. The highest BCUT2D eigenvalue weighted by atomic mass is 31.2. The molecule has 0 rings (SSSR count). The van der Waals surface area contributed by atoms with Gasteiger partial charge >= 0.3 is 0 Å². The van der Waals surface area contributed by atoms with E-state index in [1.165, 1.54) is 122 Å². The van der Waals surface area contributed by atoms with Crippen LogP contribution in [-0.4, -0.2) is 24.6 Å². The first-order chi connectivity index (χ1) is 17.0. The summed E-state index contributed by atoms with van der Waals surface area (Å²) >= 11 is 0. The molecule has 0 fully saturated rings. The smallest absolute Gasteiger partial charge is 0.0622 e. The number of hydrogen-bond acceptors (Lipinski definition) is 0. The maximum atomic E-state index is 2.51. The van der Waals surface area contributed by atoms with Crippen LogP contribution in [0.15, 0.2) is 0 Å². The van der Waals surface area contributed by atoms with E-state index in [4.69, 9.17) is 0 Å². The molecule has 0 amide bonds. The molecule has 212 valence electrons. The van der Waals surface area contributed by atoms with Gasteiger partial charge in [-0.1, -0.05) is 126 Å². The second kappa shape index (κ2) is 24.7. The quantitative estimate of drug-likeness (QED) is 0.0759. The van der Waals surface area contributed by atoms with E-state index in [-0.39, 0.29) is 0 Å². The summed E-state index contributed by atoms with van der Waals surface area (Å²) in [4.78, 5) is 0. The van der Waals surface area contributed by atoms with Gasteiger partial charge in [0, 0.05) is 7.26 Å². The summed E-state index contributed by atoms with van der Waals surface area (Å²) in [6, 6.07) is 0. The molecule has 0 heterocycles. The summed E-state index contributed by atoms with van der Waals surface area (Å²) in [6.07, 6.45) is 35.7. The normalized spacial score (nSPS) is 16.2. The van der Waals surface area contributed by atoms with Gasteiger partial charge in [0.2, 0.25) is 0 Å². The molecule has 1 heteroatoms. The second-order valence-electron chi connectivity index (χ2n) is 12.3. The average molecular weight is 512 g/mol. The van der Waals surface area contributed by atoms with Crippen LogP contribution < -0.4 is 0 Å². The molecule has 0 radical (unpaired) electrons. The fourth-order valence-electron chi connectivity index (χ4n) is 6.47. The van der Waals surface area contributed by atoms with E-state index in [0.29, 0.717) is 0 Å². The number of hydrogen-bond donors (Lipinski definition) is 0. The van der Waals surface area contributed by atoms with Crippen molar-refractivity contribution in [3.8, 4) is 0 Å². The molecule has 0 saturated carbocycles. The minimum Gasteiger partial charge on any atom is -0.0654 e. The number of rotatable bonds is 27. The maximum Gasteiger partial charge on any atom is 0.0622 e. The van der Waals surface area contributed by atoms with Crippen molar-refractivity contribution in [3.63, 3.8) is 0 Å². The Hall–Kier alpha value is 0.430. The van der Waals surface area contributed by atoms with Crippen LogP contribution in [0.25, 0.3) is 0 Å². The third-order valence-electron chi connectivity index (χ3n) is 9.05. The van der Waals surface area contributed by atoms with Crippen LogP contribution in [0.2, 0.25) is 0 Å². The van der Waals surface area contributed by atoms with Crippen LogP contribution in [0, 0.1) is 17.8 Å². The molecular formula is C34H72P+. The van der Waals surface area contributed by atoms with Crippen molar-refractivity contribution in [2.24, 2.45) is 17.8 Å². The monoisotopic (exact) mass is 512 g/mol. The molecule has 3 atom stereocenters. The van der Waals surface area contributed by atoms with Gasteiger partial charge in [-0.15, -0.1) is 0 Å². The minimum absolute atomic E-state index is 0.901. The summed E-state index contributed by atoms with van der Waals surface area (Å²) in [5, 5.41) is 0. The van der Waals surface area contributed by atoms with Crippen molar-refractivity contribution in [2.75, 3.05) is 24.6 Å². The summed E-state index contributed by atoms with van der Waals surface area (Å²) in [5.41, 5.74) is 0. The first-order valence-electron chi connectivity index (χ1n) is 16.9. The molecule has 0 aliphatic heterocycles. The molecule has 35 heavy (non-hydrogen) atoms. The molecule has 0 aromatic carbocycles. The van der Waals surface area contributed by atoms with Crippen LogP contribution in [0.3, 0.4) is 0 Å². The standard InChI is InChI=1S/C34H72P/c1-8-15-19-20-21-22-23-24-28-35(29-32(12-5)25-16-9-2,30-33(13-6)26-17-10-3)31-34(14-7)27-18-11-4/h32-34H,8-31H2,1-7H3/q+1. The van der Waals surface area contributed by atoms with Gasteiger partial charge in [-0.05, 0) is 69.1 Å². The fraction of sp³-hybridized carbons (Fsp3) is 1.00. The fourth-order valence-corrected chi connectivity index (χ4v) is 13.0. The Kier molecular flexibility index (Phi) is 25.1. The predicted molar refractivity (Wildman–Crippen MR) is 169 cm³/mol. The highest BCUT2D eigenvalue weighted by Gasteiger charge is 2.42. The molecule has 0 bridgehead atoms. The van der Waals surface area contributed by atoms with Gasteiger partial charge in [-0.3, -0.25) is 0 Å². The zero-order valence-corrected chi connectivity index (χ0v) is 27.0. The van der Waals surface area contributed by atoms with E-state index >= 15 is 0 Å². The topological polar surface area (TPSA) is 0 Å². The summed E-state index contributed by atoms with van der Waals surface area (Å²) < 4.78 is 0. The second-order valence-corrected chi connectivity index (χ2v) is 16.6. The van der Waals surface area contributed by atoms with Crippen LogP contribution >= 0.6 is 7.26 Å². The summed E-state index contributed by atoms with van der Waals surface area (Å²) in [7, 11) is -0.901. The first kappa shape index (κ1) is 35.4. The lowest BCUT2D eigenvalue weighted by Gasteiger charge is -2.36. The molecule has 0 spiro atoms. The third-order valence-corrected chi connectivity index (χ3v) is 14.2. The first-order valence-corrected chi connectivity index (χ1v) is 19.4. The SMILES string of the molecule is CCCCCCCCCC[P+](CC(CC)CCCC)(CC(CC)CCCC)CC(CC)CCCC. The molecule has 0 aromatic rings. The Morgan fingerprint density at radius 2 is 0.686 bits per heavy atom. The molecular weight excluding hydrogens is 439 g/mol. The van der Waals surface area contributed by atoms with E-state index in [1.807, 2.05) is 0 Å². The maximum absolute atomic E-state index is 2.51. The van der Waals surface area contributed by atoms with Gasteiger partial charge in [0.15, 0.2) is 0 Å². The average Bonchev–Trinajstić information content (AvgIpc) is 2.88. The van der Waals surface area contributed by atoms with Crippen LogP contribution in [0.5, 0.6) is 0 Å². The molecule has 0 aromatic heterocycles. The molecule has 0 aliphatic rings. The van der Waals surface area contributed by atoms with E-state index in [0.717, 1.165) is 17.8 Å². The Labute approximate surface area is 226 Å². The molecule has 0 saturated heterocycles. The summed E-state index contributed by atoms with van der Waals surface area (Å²) in [5.74, 6) is 3.01. The van der Waals surface area contributed by atoms with Crippen LogP contribution in [-0.2, 0) is 0 Å². The van der Waals surface area contributed by atoms with E-state index < -0.39 is 7.26 Å². The third kappa shape index (κ3) is 18.3. The highest BCUT2D eigenvalue weighted by molar-refractivity contribution is 7.75. The Bertz CT molecular complexity index is 371. The zero-order valence-electron chi connectivity index (χ0n) is 26.1. The Morgan fingerprint density at radius 3 is 1.00 bits per heavy atom. The van der Waals surface area contributed by atoms with E-state index in [9.17, 15) is 0 Å². The number of unbranched alkanes of at least 4 members (excludes halogenated alkanes) is 10. The van der Waals surface area contributed by atoms with Crippen molar-refractivity contribution < 1.29 is 0 Å². The lowest BCUT2D eigenvalue weighted by Crippen LogP contribution is -2.25. The van der Waals surface area contributed by atoms with E-state index in [2.05, 4.69) is 48.5 Å². The lowest BCUT2D eigenvalue weighted by atomic mass is 10.0. The van der Waals surface area contributed by atoms with Gasteiger partial charge in [0.05, 0.1) is 24.6 Å². The van der Waals surface area contributed by atoms with Crippen LogP contribution in [0.4, 0.5) is 0 Å². The largest absolute Gasteiger partial charge is 0.0654 e. The van der Waals surface area contributed by atoms with Gasteiger partial charge in [0.25, 0.3) is 0 Å². The minimum atomic E-state index is -0.901. The Balaban J connectivity index is 5.56. The van der Waals surface area contributed by atoms with Crippen molar-refractivity contribution in [2.45, 2.75) is 177 Å². The zero-order chi connectivity index (χ0) is 26.2. The van der Waals surface area contributed by atoms with Gasteiger partial charge in [-0.2, -0.15) is 0 Å². The molecule has 0 N–H and O–H groups in total. The molecule has 0 nitrogen and oxygen atoms in total. The predicted octanol–water partition coefficient (Wildman–Crippen LogP) is 12.8. The van der Waals surface area contributed by atoms with Crippen molar-refractivity contribution in [1.29, 1.82) is 0 Å². The van der Waals surface area contributed by atoms with Crippen molar-refractivity contribution in [3.05, 3.63) is 0 Å². The van der Waals surface area contributed by atoms with Gasteiger partial charge < -0.3 is 0 Å². The highest BCUT2D eigenvalue weighted by Crippen LogP contribution is 2.64. The van der Waals surface area contributed by atoms with Gasteiger partial charge in [0.1, 0.15) is 0 Å². The van der Waals surface area contributed by atoms with Crippen molar-refractivity contribution >= 4 is 7.26 Å². The molecule has 0 aliphatic carbocycles. The summed E-state index contributed by atoms with van der Waals surface area (Å²) in [6.45, 7) is 17.0. The van der Waals surface area contributed by atoms with Gasteiger partial charge in [-0.25, -0.2) is 0 Å². The van der Waals surface area contributed by atoms with Crippen LogP contribution in [0.1, 0.15) is 177 Å². The molecule has 3 unspecified atom stereocenters.